The molecule has 4 heteroatoms. The Hall–Kier alpha value is -1.39. The molecule has 3 N–H and O–H groups in total. The number of nitrogens with two attached hydrogens (primary N) is 1. The SMILES string of the molecule is NC(=O)CCCNC1CCN(CCc2ccccc2)C1. The zero-order valence-corrected chi connectivity index (χ0v) is 12.1. The smallest absolute Gasteiger partial charge is 0.217 e. The first kappa shape index (κ1) is 15.0. The first-order chi connectivity index (χ1) is 9.74. The normalized spacial score (nSPS) is 19.3. The van der Waals surface area contributed by atoms with Crippen LogP contribution in [0.5, 0.6) is 0 Å². The highest BCUT2D eigenvalue weighted by atomic mass is 16.1. The Kier molecular flexibility index (Phi) is 6.02. The second kappa shape index (κ2) is 8.02. The second-order valence-electron chi connectivity index (χ2n) is 5.55. The van der Waals surface area contributed by atoms with Crippen LogP contribution in [-0.4, -0.2) is 43.0 Å². The third-order valence-electron chi connectivity index (χ3n) is 3.86. The zero-order valence-electron chi connectivity index (χ0n) is 12.1. The number of benzene rings is 1. The largest absolute Gasteiger partial charge is 0.370 e. The summed E-state index contributed by atoms with van der Waals surface area (Å²) >= 11 is 0. The molecule has 0 aliphatic carbocycles. The number of nitrogens with zero attached hydrogens (tertiary/aromatic N) is 1. The van der Waals surface area contributed by atoms with Crippen LogP contribution in [-0.2, 0) is 11.2 Å². The Labute approximate surface area is 121 Å². The molecule has 0 bridgehead atoms. The van der Waals surface area contributed by atoms with Gasteiger partial charge >= 0.3 is 0 Å². The summed E-state index contributed by atoms with van der Waals surface area (Å²) < 4.78 is 0. The number of primary amides is 1. The summed E-state index contributed by atoms with van der Waals surface area (Å²) in [6.45, 7) is 4.30. The van der Waals surface area contributed by atoms with E-state index in [2.05, 4.69) is 40.5 Å². The highest BCUT2D eigenvalue weighted by molar-refractivity contribution is 5.73. The summed E-state index contributed by atoms with van der Waals surface area (Å²) in [5.41, 5.74) is 6.54. The molecule has 1 fully saturated rings. The van der Waals surface area contributed by atoms with E-state index < -0.39 is 0 Å². The van der Waals surface area contributed by atoms with E-state index in [1.165, 1.54) is 18.5 Å². The molecule has 1 amide bonds. The van der Waals surface area contributed by atoms with Gasteiger partial charge in [0.15, 0.2) is 0 Å². The number of likely N-dealkylation sites (tertiary alicyclic amines) is 1. The van der Waals surface area contributed by atoms with Crippen LogP contribution in [0.3, 0.4) is 0 Å². The van der Waals surface area contributed by atoms with Crippen molar-refractivity contribution in [3.05, 3.63) is 35.9 Å². The van der Waals surface area contributed by atoms with Crippen molar-refractivity contribution in [3.8, 4) is 0 Å². The van der Waals surface area contributed by atoms with Gasteiger partial charge < -0.3 is 16.0 Å². The lowest BCUT2D eigenvalue weighted by molar-refractivity contribution is -0.118. The maximum atomic E-state index is 10.7. The van der Waals surface area contributed by atoms with E-state index in [-0.39, 0.29) is 5.91 Å². The maximum Gasteiger partial charge on any atom is 0.217 e. The lowest BCUT2D eigenvalue weighted by Gasteiger charge is -2.16. The molecule has 2 rings (SSSR count). The number of amides is 1. The molecule has 0 saturated carbocycles. The summed E-state index contributed by atoms with van der Waals surface area (Å²) in [4.78, 5) is 13.2. The molecule has 4 nitrogen and oxygen atoms in total. The van der Waals surface area contributed by atoms with Gasteiger partial charge in [0, 0.05) is 25.6 Å². The van der Waals surface area contributed by atoms with Crippen molar-refractivity contribution in [2.75, 3.05) is 26.2 Å². The van der Waals surface area contributed by atoms with E-state index in [9.17, 15) is 4.79 Å². The molecule has 110 valence electrons. The predicted molar refractivity (Wildman–Crippen MR) is 81.4 cm³/mol. The van der Waals surface area contributed by atoms with Gasteiger partial charge in [-0.3, -0.25) is 4.79 Å². The second-order valence-corrected chi connectivity index (χ2v) is 5.55. The molecule has 1 aromatic carbocycles. The van der Waals surface area contributed by atoms with Crippen molar-refractivity contribution in [3.63, 3.8) is 0 Å². The standard InChI is InChI=1S/C16H25N3O/c17-16(20)7-4-10-18-15-9-12-19(13-15)11-8-14-5-2-1-3-6-14/h1-3,5-6,15,18H,4,7-13H2,(H2,17,20). The first-order valence-electron chi connectivity index (χ1n) is 7.52. The van der Waals surface area contributed by atoms with E-state index >= 15 is 0 Å². The number of hydrogen-bond acceptors (Lipinski definition) is 3. The molecule has 1 saturated heterocycles. The molecule has 1 heterocycles. The van der Waals surface area contributed by atoms with Gasteiger partial charge in [0.05, 0.1) is 0 Å². The predicted octanol–water partition coefficient (Wildman–Crippen LogP) is 1.16. The monoisotopic (exact) mass is 275 g/mol. The maximum absolute atomic E-state index is 10.7. The van der Waals surface area contributed by atoms with Gasteiger partial charge in [0.1, 0.15) is 0 Å². The number of nitrogens with one attached hydrogen (secondary N) is 1. The van der Waals surface area contributed by atoms with Crippen molar-refractivity contribution in [1.29, 1.82) is 0 Å². The number of rotatable bonds is 8. The van der Waals surface area contributed by atoms with Gasteiger partial charge in [-0.25, -0.2) is 0 Å². The highest BCUT2D eigenvalue weighted by Gasteiger charge is 2.21. The summed E-state index contributed by atoms with van der Waals surface area (Å²) in [5.74, 6) is -0.206. The quantitative estimate of drug-likeness (QED) is 0.700. The van der Waals surface area contributed by atoms with Crippen molar-refractivity contribution < 1.29 is 4.79 Å². The average molecular weight is 275 g/mol. The molecule has 0 radical (unpaired) electrons. The molecular formula is C16H25N3O. The van der Waals surface area contributed by atoms with Crippen LogP contribution in [0.15, 0.2) is 30.3 Å². The van der Waals surface area contributed by atoms with Crippen LogP contribution in [0.4, 0.5) is 0 Å². The van der Waals surface area contributed by atoms with Crippen LogP contribution in [0.2, 0.25) is 0 Å². The molecule has 1 atom stereocenters. The third kappa shape index (κ3) is 5.31. The summed E-state index contributed by atoms with van der Waals surface area (Å²) in [6.07, 6.45) is 3.65. The van der Waals surface area contributed by atoms with E-state index in [4.69, 9.17) is 5.73 Å². The van der Waals surface area contributed by atoms with Crippen molar-refractivity contribution in [2.24, 2.45) is 5.73 Å². The minimum Gasteiger partial charge on any atom is -0.370 e. The third-order valence-corrected chi connectivity index (χ3v) is 3.86. The van der Waals surface area contributed by atoms with Crippen LogP contribution in [0, 0.1) is 0 Å². The van der Waals surface area contributed by atoms with Crippen LogP contribution < -0.4 is 11.1 Å². The van der Waals surface area contributed by atoms with Gasteiger partial charge in [-0.15, -0.1) is 0 Å². The van der Waals surface area contributed by atoms with E-state index in [1.807, 2.05) is 0 Å². The number of hydrogen-bond donors (Lipinski definition) is 2. The van der Waals surface area contributed by atoms with Crippen molar-refractivity contribution in [1.82, 2.24) is 10.2 Å². The molecule has 1 aliphatic rings. The van der Waals surface area contributed by atoms with Gasteiger partial charge in [0.25, 0.3) is 0 Å². The summed E-state index contributed by atoms with van der Waals surface area (Å²) in [6, 6.07) is 11.2. The van der Waals surface area contributed by atoms with Gasteiger partial charge in [-0.05, 0) is 37.9 Å². The molecule has 0 spiro atoms. The molecule has 1 aliphatic heterocycles. The lowest BCUT2D eigenvalue weighted by atomic mass is 10.1. The molecule has 20 heavy (non-hydrogen) atoms. The minimum absolute atomic E-state index is 0.206. The minimum atomic E-state index is -0.206. The topological polar surface area (TPSA) is 58.4 Å². The molecule has 0 aromatic heterocycles. The van der Waals surface area contributed by atoms with Gasteiger partial charge in [-0.2, -0.15) is 0 Å². The summed E-state index contributed by atoms with van der Waals surface area (Å²) in [7, 11) is 0. The van der Waals surface area contributed by atoms with E-state index in [0.717, 1.165) is 32.5 Å². The fourth-order valence-electron chi connectivity index (χ4n) is 2.70. The Balaban J connectivity index is 1.59. The van der Waals surface area contributed by atoms with Crippen molar-refractivity contribution in [2.45, 2.75) is 31.7 Å². The number of carbonyl (C=O) groups is 1. The fourth-order valence-corrected chi connectivity index (χ4v) is 2.70. The molecule has 1 unspecified atom stereocenters. The Bertz CT molecular complexity index is 407. The fraction of sp³-hybridized carbons (Fsp3) is 0.562. The van der Waals surface area contributed by atoms with Crippen LogP contribution in [0.25, 0.3) is 0 Å². The Morgan fingerprint density at radius 3 is 2.90 bits per heavy atom. The average Bonchev–Trinajstić information content (AvgIpc) is 2.90. The summed E-state index contributed by atoms with van der Waals surface area (Å²) in [5, 5.41) is 3.52. The van der Waals surface area contributed by atoms with Gasteiger partial charge in [0.2, 0.25) is 5.91 Å². The number of carbonyl (C=O) groups excluding carboxylic acids is 1. The zero-order chi connectivity index (χ0) is 14.2. The first-order valence-corrected chi connectivity index (χ1v) is 7.52. The Morgan fingerprint density at radius 1 is 1.35 bits per heavy atom. The van der Waals surface area contributed by atoms with E-state index in [0.29, 0.717) is 12.5 Å². The van der Waals surface area contributed by atoms with Crippen LogP contribution >= 0.6 is 0 Å². The highest BCUT2D eigenvalue weighted by Crippen LogP contribution is 2.10. The van der Waals surface area contributed by atoms with Gasteiger partial charge in [-0.1, -0.05) is 30.3 Å². The van der Waals surface area contributed by atoms with Crippen molar-refractivity contribution >= 4 is 5.91 Å². The Morgan fingerprint density at radius 2 is 2.15 bits per heavy atom. The van der Waals surface area contributed by atoms with E-state index in [1.54, 1.807) is 0 Å². The lowest BCUT2D eigenvalue weighted by Crippen LogP contribution is -2.34. The van der Waals surface area contributed by atoms with Crippen LogP contribution in [0.1, 0.15) is 24.8 Å². The molecular weight excluding hydrogens is 250 g/mol. The molecule has 1 aromatic rings.